The lowest BCUT2D eigenvalue weighted by molar-refractivity contribution is 0.513. The fourth-order valence-electron chi connectivity index (χ4n) is 1.92. The van der Waals surface area contributed by atoms with E-state index in [1.807, 2.05) is 17.9 Å². The molecule has 0 aliphatic rings. The van der Waals surface area contributed by atoms with Crippen LogP contribution in [0.2, 0.25) is 0 Å². The van der Waals surface area contributed by atoms with E-state index in [1.165, 1.54) is 0 Å². The summed E-state index contributed by atoms with van der Waals surface area (Å²) in [4.78, 5) is 8.81. The molecule has 0 saturated heterocycles. The van der Waals surface area contributed by atoms with Crippen LogP contribution in [0.1, 0.15) is 31.4 Å². The van der Waals surface area contributed by atoms with Crippen LogP contribution in [0.3, 0.4) is 0 Å². The molecule has 2 heterocycles. The van der Waals surface area contributed by atoms with E-state index in [0.29, 0.717) is 0 Å². The van der Waals surface area contributed by atoms with E-state index >= 15 is 0 Å². The van der Waals surface area contributed by atoms with Crippen molar-refractivity contribution in [1.29, 1.82) is 0 Å². The van der Waals surface area contributed by atoms with Crippen molar-refractivity contribution in [2.45, 2.75) is 32.9 Å². The molecule has 0 spiro atoms. The highest BCUT2D eigenvalue weighted by molar-refractivity contribution is 7.07. The lowest BCUT2D eigenvalue weighted by atomic mass is 10.1. The van der Waals surface area contributed by atoms with Gasteiger partial charge in [-0.05, 0) is 13.5 Å². The van der Waals surface area contributed by atoms with E-state index in [-0.39, 0.29) is 6.04 Å². The third-order valence-electron chi connectivity index (χ3n) is 2.79. The minimum Gasteiger partial charge on any atom is -0.335 e. The van der Waals surface area contributed by atoms with Crippen LogP contribution in [0.5, 0.6) is 0 Å². The molecule has 5 heteroatoms. The number of aryl methyl sites for hydroxylation is 1. The van der Waals surface area contributed by atoms with Crippen molar-refractivity contribution in [3.05, 3.63) is 34.8 Å². The highest BCUT2D eigenvalue weighted by Crippen LogP contribution is 2.17. The standard InChI is InChI=1S/C12H18N4S/c1-3-13-10(11-8-17-9-15-11)7-12-14-5-6-16(12)4-2/h5-6,8-10,13H,3-4,7H2,1-2H3. The van der Waals surface area contributed by atoms with Crippen LogP contribution in [-0.2, 0) is 13.0 Å². The smallest absolute Gasteiger partial charge is 0.110 e. The second-order valence-electron chi connectivity index (χ2n) is 3.86. The molecule has 0 aromatic carbocycles. The van der Waals surface area contributed by atoms with E-state index in [9.17, 15) is 0 Å². The summed E-state index contributed by atoms with van der Waals surface area (Å²) in [5.41, 5.74) is 2.99. The predicted molar refractivity (Wildman–Crippen MR) is 70.1 cm³/mol. The first-order chi connectivity index (χ1) is 8.35. The van der Waals surface area contributed by atoms with E-state index in [2.05, 4.69) is 39.1 Å². The van der Waals surface area contributed by atoms with Gasteiger partial charge in [0.05, 0.1) is 17.2 Å². The number of hydrogen-bond donors (Lipinski definition) is 1. The Morgan fingerprint density at radius 2 is 2.29 bits per heavy atom. The summed E-state index contributed by atoms with van der Waals surface area (Å²) in [5, 5.41) is 5.57. The normalized spacial score (nSPS) is 12.8. The summed E-state index contributed by atoms with van der Waals surface area (Å²) >= 11 is 1.64. The average Bonchev–Trinajstić information content (AvgIpc) is 2.99. The van der Waals surface area contributed by atoms with Crippen LogP contribution in [0, 0.1) is 0 Å². The van der Waals surface area contributed by atoms with Gasteiger partial charge in [-0.2, -0.15) is 0 Å². The fraction of sp³-hybridized carbons (Fsp3) is 0.500. The van der Waals surface area contributed by atoms with Crippen LogP contribution in [0.15, 0.2) is 23.3 Å². The highest BCUT2D eigenvalue weighted by atomic mass is 32.1. The number of aromatic nitrogens is 3. The topological polar surface area (TPSA) is 42.7 Å². The van der Waals surface area contributed by atoms with Crippen molar-refractivity contribution >= 4 is 11.3 Å². The van der Waals surface area contributed by atoms with E-state index < -0.39 is 0 Å². The molecule has 1 N–H and O–H groups in total. The van der Waals surface area contributed by atoms with Gasteiger partial charge in [-0.3, -0.25) is 0 Å². The number of hydrogen-bond acceptors (Lipinski definition) is 4. The van der Waals surface area contributed by atoms with Crippen LogP contribution >= 0.6 is 11.3 Å². The Balaban J connectivity index is 2.13. The molecule has 2 aromatic rings. The molecular weight excluding hydrogens is 232 g/mol. The van der Waals surface area contributed by atoms with Gasteiger partial charge in [0, 0.05) is 30.7 Å². The van der Waals surface area contributed by atoms with Crippen molar-refractivity contribution in [3.63, 3.8) is 0 Å². The molecule has 17 heavy (non-hydrogen) atoms. The fourth-order valence-corrected chi connectivity index (χ4v) is 2.53. The molecule has 0 amide bonds. The van der Waals surface area contributed by atoms with Gasteiger partial charge < -0.3 is 9.88 Å². The Labute approximate surface area is 106 Å². The zero-order valence-corrected chi connectivity index (χ0v) is 11.1. The molecule has 1 atom stereocenters. The lowest BCUT2D eigenvalue weighted by Crippen LogP contribution is -2.24. The third kappa shape index (κ3) is 2.92. The zero-order chi connectivity index (χ0) is 12.1. The van der Waals surface area contributed by atoms with Gasteiger partial charge in [-0.15, -0.1) is 11.3 Å². The van der Waals surface area contributed by atoms with Crippen molar-refractivity contribution in [3.8, 4) is 0 Å². The van der Waals surface area contributed by atoms with Crippen molar-refractivity contribution in [1.82, 2.24) is 19.9 Å². The molecule has 2 rings (SSSR count). The minimum atomic E-state index is 0.263. The first-order valence-corrected chi connectivity index (χ1v) is 6.90. The lowest BCUT2D eigenvalue weighted by Gasteiger charge is -2.16. The zero-order valence-electron chi connectivity index (χ0n) is 10.3. The molecule has 2 aromatic heterocycles. The molecule has 0 fully saturated rings. The molecule has 4 nitrogen and oxygen atoms in total. The maximum absolute atomic E-state index is 4.42. The second kappa shape index (κ2) is 5.93. The van der Waals surface area contributed by atoms with Crippen molar-refractivity contribution < 1.29 is 0 Å². The Morgan fingerprint density at radius 1 is 1.41 bits per heavy atom. The number of nitrogens with one attached hydrogen (secondary N) is 1. The van der Waals surface area contributed by atoms with Crippen molar-refractivity contribution in [2.24, 2.45) is 0 Å². The van der Waals surface area contributed by atoms with Crippen LogP contribution in [0.4, 0.5) is 0 Å². The number of likely N-dealkylation sites (N-methyl/N-ethyl adjacent to an activating group) is 1. The number of thiazole rings is 1. The Hall–Kier alpha value is -1.20. The third-order valence-corrected chi connectivity index (χ3v) is 3.39. The average molecular weight is 250 g/mol. The first kappa shape index (κ1) is 12.3. The number of imidazole rings is 1. The van der Waals surface area contributed by atoms with Gasteiger partial charge in [0.15, 0.2) is 0 Å². The first-order valence-electron chi connectivity index (χ1n) is 5.96. The van der Waals surface area contributed by atoms with Crippen LogP contribution in [0.25, 0.3) is 0 Å². The monoisotopic (exact) mass is 250 g/mol. The summed E-state index contributed by atoms with van der Waals surface area (Å²) in [6, 6.07) is 0.263. The largest absolute Gasteiger partial charge is 0.335 e. The van der Waals surface area contributed by atoms with Crippen LogP contribution < -0.4 is 5.32 Å². The summed E-state index contributed by atoms with van der Waals surface area (Å²) < 4.78 is 2.18. The molecular formula is C12H18N4S. The predicted octanol–water partition coefficient (Wildman–Crippen LogP) is 2.25. The maximum Gasteiger partial charge on any atom is 0.110 e. The van der Waals surface area contributed by atoms with E-state index in [1.54, 1.807) is 11.3 Å². The molecule has 0 saturated carbocycles. The minimum absolute atomic E-state index is 0.263. The SMILES string of the molecule is CCNC(Cc1nccn1CC)c1cscn1. The van der Waals surface area contributed by atoms with Gasteiger partial charge in [-0.1, -0.05) is 6.92 Å². The molecule has 0 aliphatic heterocycles. The molecule has 1 unspecified atom stereocenters. The van der Waals surface area contributed by atoms with Gasteiger partial charge >= 0.3 is 0 Å². The summed E-state index contributed by atoms with van der Waals surface area (Å²) in [5.74, 6) is 1.12. The quantitative estimate of drug-likeness (QED) is 0.855. The van der Waals surface area contributed by atoms with Gasteiger partial charge in [-0.25, -0.2) is 9.97 Å². The highest BCUT2D eigenvalue weighted by Gasteiger charge is 2.15. The number of nitrogens with zero attached hydrogens (tertiary/aromatic N) is 3. The summed E-state index contributed by atoms with van der Waals surface area (Å²) in [6.45, 7) is 6.15. The summed E-state index contributed by atoms with van der Waals surface area (Å²) in [7, 11) is 0. The Bertz CT molecular complexity index is 435. The number of rotatable bonds is 6. The van der Waals surface area contributed by atoms with Gasteiger partial charge in [0.25, 0.3) is 0 Å². The molecule has 0 aliphatic carbocycles. The second-order valence-corrected chi connectivity index (χ2v) is 4.58. The van der Waals surface area contributed by atoms with E-state index in [0.717, 1.165) is 31.0 Å². The van der Waals surface area contributed by atoms with Crippen molar-refractivity contribution in [2.75, 3.05) is 6.54 Å². The van der Waals surface area contributed by atoms with E-state index in [4.69, 9.17) is 0 Å². The van der Waals surface area contributed by atoms with Crippen LogP contribution in [-0.4, -0.2) is 21.1 Å². The summed E-state index contributed by atoms with van der Waals surface area (Å²) in [6.07, 6.45) is 4.78. The Morgan fingerprint density at radius 3 is 2.94 bits per heavy atom. The van der Waals surface area contributed by atoms with Gasteiger partial charge in [0.1, 0.15) is 5.82 Å². The van der Waals surface area contributed by atoms with Gasteiger partial charge in [0.2, 0.25) is 0 Å². The Kier molecular flexibility index (Phi) is 4.28. The molecule has 0 bridgehead atoms. The molecule has 0 radical (unpaired) electrons. The maximum atomic E-state index is 4.42. The molecule has 92 valence electrons.